The van der Waals surface area contributed by atoms with Gasteiger partial charge in [-0.05, 0) is 37.5 Å². The average molecular weight is 378 g/mol. The van der Waals surface area contributed by atoms with Crippen LogP contribution in [0.5, 0.6) is 0 Å². The highest BCUT2D eigenvalue weighted by molar-refractivity contribution is 7.92. The van der Waals surface area contributed by atoms with E-state index in [1.54, 1.807) is 19.2 Å². The predicted molar refractivity (Wildman–Crippen MR) is 98.7 cm³/mol. The zero-order chi connectivity index (χ0) is 19.5. The van der Waals surface area contributed by atoms with Gasteiger partial charge in [-0.15, -0.1) is 0 Å². The minimum Gasteiger partial charge on any atom is -0.315 e. The number of carbonyl (C=O) groups is 1. The number of pyridine rings is 1. The summed E-state index contributed by atoms with van der Waals surface area (Å²) in [7, 11) is -3.81. The van der Waals surface area contributed by atoms with Gasteiger partial charge in [0.05, 0.1) is 0 Å². The number of rotatable bonds is 6. The van der Waals surface area contributed by atoms with Gasteiger partial charge in [0.15, 0.2) is 14.6 Å². The number of sulfone groups is 1. The second kappa shape index (κ2) is 7.43. The molecular weight excluding hydrogens is 356 g/mol. The molecule has 0 aliphatic carbocycles. The molecule has 0 aliphatic rings. The lowest BCUT2D eigenvalue weighted by Gasteiger charge is -2.25. The van der Waals surface area contributed by atoms with Crippen molar-refractivity contribution in [3.63, 3.8) is 0 Å². The van der Waals surface area contributed by atoms with Crippen LogP contribution in [0.2, 0.25) is 0 Å². The first-order valence-corrected chi connectivity index (χ1v) is 9.90. The molecule has 1 amide bonds. The van der Waals surface area contributed by atoms with E-state index in [0.717, 1.165) is 17.4 Å². The van der Waals surface area contributed by atoms with Crippen molar-refractivity contribution in [1.82, 2.24) is 10.0 Å². The van der Waals surface area contributed by atoms with E-state index in [-0.39, 0.29) is 18.5 Å². The molecule has 0 bridgehead atoms. The smallest absolute Gasteiger partial charge is 0.264 e. The first kappa shape index (κ1) is 19.9. The van der Waals surface area contributed by atoms with Crippen molar-refractivity contribution in [2.45, 2.75) is 31.6 Å². The number of nitrogens with one attached hydrogen (secondary N) is 1. The summed E-state index contributed by atoms with van der Waals surface area (Å²) in [4.78, 5) is 24.5. The first-order chi connectivity index (χ1) is 12.1. The summed E-state index contributed by atoms with van der Waals surface area (Å²) in [5.41, 5.74) is 3.38. The van der Waals surface area contributed by atoms with E-state index >= 15 is 0 Å². The zero-order valence-corrected chi connectivity index (χ0v) is 15.7. The van der Waals surface area contributed by atoms with Crippen molar-refractivity contribution in [2.75, 3.05) is 6.26 Å². The van der Waals surface area contributed by atoms with Gasteiger partial charge in [0, 0.05) is 24.6 Å². The minimum atomic E-state index is -3.81. The fourth-order valence-corrected chi connectivity index (χ4v) is 3.56. The van der Waals surface area contributed by atoms with Crippen molar-refractivity contribution in [2.24, 2.45) is 0 Å². The molecule has 26 heavy (non-hydrogen) atoms. The number of nitrogens with zero attached hydrogens (tertiary/aromatic N) is 1. The van der Waals surface area contributed by atoms with E-state index < -0.39 is 20.5 Å². The van der Waals surface area contributed by atoms with Crippen LogP contribution < -0.4 is 11.0 Å². The molecule has 0 spiro atoms. The van der Waals surface area contributed by atoms with Crippen molar-refractivity contribution in [3.8, 4) is 11.1 Å². The van der Waals surface area contributed by atoms with Gasteiger partial charge >= 0.3 is 0 Å². The molecule has 2 aromatic rings. The van der Waals surface area contributed by atoms with E-state index in [1.807, 2.05) is 30.3 Å². The summed E-state index contributed by atoms with van der Waals surface area (Å²) >= 11 is 0. The largest absolute Gasteiger partial charge is 0.315 e. The molecule has 0 radical (unpaired) electrons. The molecule has 1 atom stereocenters. The summed E-state index contributed by atoms with van der Waals surface area (Å²) in [6.07, 6.45) is 2.36. The second-order valence-electron chi connectivity index (χ2n) is 6.41. The lowest BCUT2D eigenvalue weighted by atomic mass is 10.0. The standard InChI is InChI=1S/C18H22N2O5S/c1-13-15(14-7-5-4-6-8-14)9-11-20(16(13)21)12-10-18(2,17(22)19-23)26(3,24)25/h4-9,11,23H,10,12H2,1-3H3,(H,19,22). The summed E-state index contributed by atoms with van der Waals surface area (Å²) < 4.78 is 23.5. The Kier molecular flexibility index (Phi) is 5.68. The summed E-state index contributed by atoms with van der Waals surface area (Å²) in [5.74, 6) is -1.02. The maximum Gasteiger partial charge on any atom is 0.264 e. The molecule has 0 saturated carbocycles. The van der Waals surface area contributed by atoms with Crippen molar-refractivity contribution < 1.29 is 18.4 Å². The Labute approximate surface area is 152 Å². The van der Waals surface area contributed by atoms with Gasteiger partial charge in [0.25, 0.3) is 11.5 Å². The van der Waals surface area contributed by atoms with E-state index in [1.165, 1.54) is 17.0 Å². The third kappa shape index (κ3) is 3.71. The Bertz CT molecular complexity index is 967. The van der Waals surface area contributed by atoms with Crippen LogP contribution >= 0.6 is 0 Å². The predicted octanol–water partition coefficient (Wildman–Crippen LogP) is 1.52. The third-order valence-corrected chi connectivity index (χ3v) is 6.75. The first-order valence-electron chi connectivity index (χ1n) is 8.01. The van der Waals surface area contributed by atoms with Gasteiger partial charge in [-0.1, -0.05) is 30.3 Å². The van der Waals surface area contributed by atoms with Gasteiger partial charge in [-0.2, -0.15) is 0 Å². The van der Waals surface area contributed by atoms with Crippen LogP contribution in [0.3, 0.4) is 0 Å². The molecule has 0 fully saturated rings. The fraction of sp³-hybridized carbons (Fsp3) is 0.333. The number of hydrogen-bond donors (Lipinski definition) is 2. The van der Waals surface area contributed by atoms with Crippen molar-refractivity contribution >= 4 is 15.7 Å². The van der Waals surface area contributed by atoms with E-state index in [9.17, 15) is 18.0 Å². The maximum absolute atomic E-state index is 12.6. The molecule has 2 N–H and O–H groups in total. The van der Waals surface area contributed by atoms with Crippen LogP contribution in [0.25, 0.3) is 11.1 Å². The summed E-state index contributed by atoms with van der Waals surface area (Å²) in [6.45, 7) is 2.95. The highest BCUT2D eigenvalue weighted by Gasteiger charge is 2.43. The van der Waals surface area contributed by atoms with E-state index in [0.29, 0.717) is 5.56 Å². The maximum atomic E-state index is 12.6. The van der Waals surface area contributed by atoms with Crippen LogP contribution in [0.4, 0.5) is 0 Å². The van der Waals surface area contributed by atoms with Crippen LogP contribution in [0, 0.1) is 6.92 Å². The lowest BCUT2D eigenvalue weighted by Crippen LogP contribution is -2.50. The molecule has 1 aromatic carbocycles. The van der Waals surface area contributed by atoms with Crippen LogP contribution in [0.15, 0.2) is 47.4 Å². The normalized spacial score (nSPS) is 13.8. The summed E-state index contributed by atoms with van der Waals surface area (Å²) in [6, 6.07) is 11.2. The number of benzene rings is 1. The highest BCUT2D eigenvalue weighted by atomic mass is 32.2. The number of hydrogen-bond acceptors (Lipinski definition) is 5. The van der Waals surface area contributed by atoms with Gasteiger partial charge in [0.2, 0.25) is 0 Å². The van der Waals surface area contributed by atoms with E-state index in [4.69, 9.17) is 5.21 Å². The van der Waals surface area contributed by atoms with Gasteiger partial charge < -0.3 is 4.57 Å². The second-order valence-corrected chi connectivity index (χ2v) is 8.86. The van der Waals surface area contributed by atoms with Crippen LogP contribution in [-0.4, -0.2) is 35.1 Å². The van der Waals surface area contributed by atoms with Crippen molar-refractivity contribution in [1.29, 1.82) is 0 Å². The highest BCUT2D eigenvalue weighted by Crippen LogP contribution is 2.23. The third-order valence-electron chi connectivity index (χ3n) is 4.72. The Morgan fingerprint density at radius 1 is 1.23 bits per heavy atom. The number of amides is 1. The molecule has 140 valence electrons. The minimum absolute atomic E-state index is 0.0196. The topological polar surface area (TPSA) is 105 Å². The van der Waals surface area contributed by atoms with Crippen molar-refractivity contribution in [3.05, 3.63) is 58.5 Å². The van der Waals surface area contributed by atoms with Crippen LogP contribution in [0.1, 0.15) is 18.9 Å². The Morgan fingerprint density at radius 3 is 2.38 bits per heavy atom. The molecule has 0 saturated heterocycles. The Balaban J connectivity index is 2.35. The molecule has 7 nitrogen and oxygen atoms in total. The number of aromatic nitrogens is 1. The molecule has 8 heteroatoms. The molecule has 1 heterocycles. The SMILES string of the molecule is Cc1c(-c2ccccc2)ccn(CCC(C)(C(=O)NO)S(C)(=O)=O)c1=O. The Morgan fingerprint density at radius 2 is 1.85 bits per heavy atom. The molecule has 1 unspecified atom stereocenters. The lowest BCUT2D eigenvalue weighted by molar-refractivity contribution is -0.131. The number of aryl methyl sites for hydroxylation is 1. The molecule has 0 aliphatic heterocycles. The van der Waals surface area contributed by atoms with Gasteiger partial charge in [0.1, 0.15) is 0 Å². The van der Waals surface area contributed by atoms with Gasteiger partial charge in [-0.25, -0.2) is 13.9 Å². The number of hydroxylamine groups is 1. The molecule has 1 aromatic heterocycles. The molecule has 2 rings (SSSR count). The fourth-order valence-electron chi connectivity index (χ4n) is 2.71. The monoisotopic (exact) mass is 378 g/mol. The summed E-state index contributed by atoms with van der Waals surface area (Å²) in [5, 5.41) is 8.86. The van der Waals surface area contributed by atoms with Gasteiger partial charge in [-0.3, -0.25) is 14.8 Å². The van der Waals surface area contributed by atoms with E-state index in [2.05, 4.69) is 0 Å². The zero-order valence-electron chi connectivity index (χ0n) is 14.9. The number of carbonyl (C=O) groups excluding carboxylic acids is 1. The quantitative estimate of drug-likeness (QED) is 0.586. The Hall–Kier alpha value is -2.45. The van der Waals surface area contributed by atoms with Crippen LogP contribution in [-0.2, 0) is 21.2 Å². The molecular formula is C18H22N2O5S. The average Bonchev–Trinajstić information content (AvgIpc) is 2.61.